The summed E-state index contributed by atoms with van der Waals surface area (Å²) in [5.74, 6) is -0.462. The largest absolute Gasteiger partial charge is 0.462 e. The van der Waals surface area contributed by atoms with Crippen LogP contribution in [0.1, 0.15) is 30.0 Å². The van der Waals surface area contributed by atoms with E-state index < -0.39 is 5.97 Å². The van der Waals surface area contributed by atoms with E-state index in [1.165, 1.54) is 22.5 Å². The van der Waals surface area contributed by atoms with Crippen molar-refractivity contribution in [2.45, 2.75) is 25.3 Å². The molecule has 0 bridgehead atoms. The number of thiol groups is 1. The van der Waals surface area contributed by atoms with E-state index >= 15 is 0 Å². The average molecular weight is 338 g/mol. The van der Waals surface area contributed by atoms with E-state index in [1.807, 2.05) is 12.1 Å². The number of carbonyl (C=O) groups excluding carboxylic acids is 2. The van der Waals surface area contributed by atoms with Gasteiger partial charge in [0, 0.05) is 7.11 Å². The highest BCUT2D eigenvalue weighted by atomic mass is 32.1. The van der Waals surface area contributed by atoms with Gasteiger partial charge in [-0.2, -0.15) is 0 Å². The van der Waals surface area contributed by atoms with Gasteiger partial charge in [-0.1, -0.05) is 37.1 Å². The maximum absolute atomic E-state index is 12.2. The quantitative estimate of drug-likeness (QED) is 0.616. The Balaban J connectivity index is 1.81. The molecule has 0 spiro atoms. The Bertz CT molecular complexity index is 553. The molecular formula is C16H22N2O4S. The number of amides is 2. The second kappa shape index (κ2) is 8.79. The maximum atomic E-state index is 12.2. The third-order valence-electron chi connectivity index (χ3n) is 3.73. The highest BCUT2D eigenvalue weighted by Crippen LogP contribution is 2.29. The molecule has 1 unspecified atom stereocenters. The first kappa shape index (κ1) is 17.6. The van der Waals surface area contributed by atoms with Crippen molar-refractivity contribution < 1.29 is 19.1 Å². The Morgan fingerprint density at radius 2 is 2.17 bits per heavy atom. The minimum Gasteiger partial charge on any atom is -0.462 e. The zero-order chi connectivity index (χ0) is 16.7. The number of esters is 1. The number of rotatable bonds is 6. The molecular weight excluding hydrogens is 316 g/mol. The Morgan fingerprint density at radius 3 is 2.96 bits per heavy atom. The van der Waals surface area contributed by atoms with Gasteiger partial charge >= 0.3 is 12.0 Å². The third kappa shape index (κ3) is 5.14. The van der Waals surface area contributed by atoms with Crippen LogP contribution in [0.4, 0.5) is 4.79 Å². The van der Waals surface area contributed by atoms with E-state index in [1.54, 1.807) is 0 Å². The lowest BCUT2D eigenvalue weighted by molar-refractivity contribution is -0.147. The Hall–Kier alpha value is -1.73. The summed E-state index contributed by atoms with van der Waals surface area (Å²) in [4.78, 5) is 23.4. The summed E-state index contributed by atoms with van der Waals surface area (Å²) in [5.41, 5.74) is 2.45. The fourth-order valence-electron chi connectivity index (χ4n) is 2.63. The number of hydrogen-bond acceptors (Lipinski definition) is 5. The van der Waals surface area contributed by atoms with E-state index in [0.29, 0.717) is 0 Å². The molecule has 23 heavy (non-hydrogen) atoms. The SMILES string of the molecule is COCC(=O)OCCN(S)C(=O)NC1CCCc2ccccc21. The van der Waals surface area contributed by atoms with Crippen molar-refractivity contribution in [1.29, 1.82) is 0 Å². The summed E-state index contributed by atoms with van der Waals surface area (Å²) in [5, 5.41) is 2.98. The molecule has 1 aliphatic rings. The molecule has 0 heterocycles. The minimum atomic E-state index is -0.462. The number of fused-ring (bicyclic) bond motifs is 1. The Kier molecular flexibility index (Phi) is 6.73. The standard InChI is InChI=1S/C16H22N2O4S/c1-21-11-15(19)22-10-9-18(23)16(20)17-14-8-4-6-12-5-2-3-7-13(12)14/h2-3,5,7,14,23H,4,6,8-11H2,1H3,(H,17,20). The number of aryl methyl sites for hydroxylation is 1. The second-order valence-corrected chi connectivity index (χ2v) is 5.85. The Labute approximate surface area is 141 Å². The van der Waals surface area contributed by atoms with E-state index in [0.717, 1.165) is 19.3 Å². The molecule has 2 rings (SSSR count). The van der Waals surface area contributed by atoms with Gasteiger partial charge in [-0.25, -0.2) is 9.59 Å². The molecule has 1 aromatic carbocycles. The number of hydrogen-bond donors (Lipinski definition) is 2. The van der Waals surface area contributed by atoms with Crippen LogP contribution in [0.3, 0.4) is 0 Å². The molecule has 1 atom stereocenters. The second-order valence-electron chi connectivity index (χ2n) is 5.37. The molecule has 1 aromatic rings. The van der Waals surface area contributed by atoms with Gasteiger partial charge in [0.15, 0.2) is 0 Å². The van der Waals surface area contributed by atoms with Gasteiger partial charge in [-0.3, -0.25) is 4.31 Å². The van der Waals surface area contributed by atoms with E-state index in [4.69, 9.17) is 4.74 Å². The summed E-state index contributed by atoms with van der Waals surface area (Å²) < 4.78 is 10.8. The third-order valence-corrected chi connectivity index (χ3v) is 4.11. The lowest BCUT2D eigenvalue weighted by atomic mass is 9.88. The van der Waals surface area contributed by atoms with Crippen LogP contribution in [0, 0.1) is 0 Å². The summed E-state index contributed by atoms with van der Waals surface area (Å²) in [6.45, 7) is 0.191. The van der Waals surface area contributed by atoms with Crippen molar-refractivity contribution in [3.63, 3.8) is 0 Å². The van der Waals surface area contributed by atoms with Crippen LogP contribution in [0.25, 0.3) is 0 Å². The molecule has 0 fully saturated rings. The number of methoxy groups -OCH3 is 1. The van der Waals surface area contributed by atoms with Crippen LogP contribution < -0.4 is 5.32 Å². The van der Waals surface area contributed by atoms with Crippen LogP contribution >= 0.6 is 12.8 Å². The fraction of sp³-hybridized carbons (Fsp3) is 0.500. The van der Waals surface area contributed by atoms with Crippen molar-refractivity contribution >= 4 is 24.8 Å². The molecule has 0 aliphatic heterocycles. The van der Waals surface area contributed by atoms with Gasteiger partial charge in [0.2, 0.25) is 0 Å². The first-order valence-corrected chi connectivity index (χ1v) is 8.01. The minimum absolute atomic E-state index is 0.00172. The fourth-order valence-corrected chi connectivity index (χ4v) is 2.77. The molecule has 0 aromatic heterocycles. The number of carbonyl (C=O) groups is 2. The molecule has 1 aliphatic carbocycles. The van der Waals surface area contributed by atoms with Gasteiger partial charge in [-0.15, -0.1) is 0 Å². The normalized spacial score (nSPS) is 16.3. The molecule has 0 saturated heterocycles. The molecule has 0 saturated carbocycles. The number of nitrogens with one attached hydrogen (secondary N) is 1. The molecule has 126 valence electrons. The molecule has 1 N–H and O–H groups in total. The van der Waals surface area contributed by atoms with E-state index in [2.05, 4.69) is 35.0 Å². The monoisotopic (exact) mass is 338 g/mol. The molecule has 6 nitrogen and oxygen atoms in total. The predicted molar refractivity (Wildman–Crippen MR) is 89.2 cm³/mol. The van der Waals surface area contributed by atoms with Gasteiger partial charge in [0.05, 0.1) is 12.6 Å². The average Bonchev–Trinajstić information content (AvgIpc) is 2.55. The van der Waals surface area contributed by atoms with Gasteiger partial charge in [-0.05, 0) is 30.4 Å². The van der Waals surface area contributed by atoms with E-state index in [9.17, 15) is 9.59 Å². The highest BCUT2D eigenvalue weighted by molar-refractivity contribution is 7.78. The van der Waals surface area contributed by atoms with E-state index in [-0.39, 0.29) is 31.8 Å². The topological polar surface area (TPSA) is 67.9 Å². The first-order chi connectivity index (χ1) is 11.1. The van der Waals surface area contributed by atoms with Gasteiger partial charge in [0.1, 0.15) is 13.2 Å². The highest BCUT2D eigenvalue weighted by Gasteiger charge is 2.22. The van der Waals surface area contributed by atoms with Crippen LogP contribution in [0.5, 0.6) is 0 Å². The lowest BCUT2D eigenvalue weighted by Gasteiger charge is -2.28. The first-order valence-electron chi connectivity index (χ1n) is 7.61. The summed E-state index contributed by atoms with van der Waals surface area (Å²) in [6.07, 6.45) is 3.00. The van der Waals surface area contributed by atoms with Gasteiger partial charge in [0.25, 0.3) is 0 Å². The van der Waals surface area contributed by atoms with Crippen molar-refractivity contribution in [3.05, 3.63) is 35.4 Å². The van der Waals surface area contributed by atoms with Gasteiger partial charge < -0.3 is 14.8 Å². The summed E-state index contributed by atoms with van der Waals surface area (Å²) in [7, 11) is 1.42. The zero-order valence-corrected chi connectivity index (χ0v) is 14.1. The summed E-state index contributed by atoms with van der Waals surface area (Å²) in [6, 6.07) is 7.85. The number of ether oxygens (including phenoxy) is 2. The lowest BCUT2D eigenvalue weighted by Crippen LogP contribution is -2.39. The van der Waals surface area contributed by atoms with Crippen molar-refractivity contribution in [3.8, 4) is 0 Å². The summed E-state index contributed by atoms with van der Waals surface area (Å²) >= 11 is 4.15. The maximum Gasteiger partial charge on any atom is 0.332 e. The van der Waals surface area contributed by atoms with Crippen molar-refractivity contribution in [2.24, 2.45) is 0 Å². The predicted octanol–water partition coefficient (Wildman–Crippen LogP) is 2.11. The molecule has 0 radical (unpaired) electrons. The number of nitrogens with zero attached hydrogens (tertiary/aromatic N) is 1. The number of benzene rings is 1. The van der Waals surface area contributed by atoms with Crippen LogP contribution in [0.15, 0.2) is 24.3 Å². The smallest absolute Gasteiger partial charge is 0.332 e. The van der Waals surface area contributed by atoms with Crippen LogP contribution in [-0.4, -0.2) is 43.2 Å². The van der Waals surface area contributed by atoms with Crippen molar-refractivity contribution in [1.82, 2.24) is 9.62 Å². The van der Waals surface area contributed by atoms with Crippen LogP contribution in [-0.2, 0) is 20.7 Å². The zero-order valence-electron chi connectivity index (χ0n) is 13.2. The molecule has 7 heteroatoms. The number of urea groups is 1. The molecule has 2 amide bonds. The Morgan fingerprint density at radius 1 is 1.39 bits per heavy atom. The van der Waals surface area contributed by atoms with Crippen molar-refractivity contribution in [2.75, 3.05) is 26.9 Å². The van der Waals surface area contributed by atoms with Crippen LogP contribution in [0.2, 0.25) is 0 Å².